The quantitative estimate of drug-likeness (QED) is 0.673. The fourth-order valence-electron chi connectivity index (χ4n) is 1.34. The van der Waals surface area contributed by atoms with Gasteiger partial charge in [0.05, 0.1) is 17.4 Å². The van der Waals surface area contributed by atoms with E-state index in [-0.39, 0.29) is 0 Å². The number of fused-ring (bicyclic) bond motifs is 1. The minimum absolute atomic E-state index is 0.794. The number of para-hydroxylation sites is 2. The number of rotatable bonds is 1. The van der Waals surface area contributed by atoms with Crippen LogP contribution in [0.4, 0.5) is 0 Å². The Bertz CT molecular complexity index is 527. The van der Waals surface area contributed by atoms with E-state index in [1.54, 1.807) is 4.57 Å². The molecule has 0 atom stereocenters. The molecular formula is C10H6N4. The Kier molecular flexibility index (Phi) is 1.89. The molecule has 0 aliphatic rings. The molecule has 0 saturated carbocycles. The number of benzene rings is 1. The van der Waals surface area contributed by atoms with Crippen molar-refractivity contribution >= 4 is 11.0 Å². The van der Waals surface area contributed by atoms with Gasteiger partial charge in [-0.3, -0.25) is 0 Å². The molecule has 0 N–H and O–H groups in total. The van der Waals surface area contributed by atoms with Crippen LogP contribution in [0.25, 0.3) is 11.0 Å². The van der Waals surface area contributed by atoms with Gasteiger partial charge in [-0.15, -0.1) is 0 Å². The van der Waals surface area contributed by atoms with Gasteiger partial charge in [-0.05, 0) is 12.1 Å². The van der Waals surface area contributed by atoms with Gasteiger partial charge in [0.2, 0.25) is 6.04 Å². The molecule has 0 spiro atoms. The third kappa shape index (κ3) is 1.10. The van der Waals surface area contributed by atoms with Gasteiger partial charge in [-0.2, -0.15) is 10.5 Å². The van der Waals surface area contributed by atoms with Gasteiger partial charge >= 0.3 is 0 Å². The molecule has 0 fully saturated rings. The summed E-state index contributed by atoms with van der Waals surface area (Å²) in [6.07, 6.45) is 1.52. The van der Waals surface area contributed by atoms with Crippen LogP contribution in [-0.4, -0.2) is 9.55 Å². The van der Waals surface area contributed by atoms with Crippen molar-refractivity contribution in [2.75, 3.05) is 0 Å². The maximum atomic E-state index is 8.74. The van der Waals surface area contributed by atoms with Crippen molar-refractivity contribution in [2.45, 2.75) is 6.04 Å². The normalized spacial score (nSPS) is 9.93. The van der Waals surface area contributed by atoms with Crippen LogP contribution < -0.4 is 0 Å². The minimum Gasteiger partial charge on any atom is -0.301 e. The number of hydrogen-bond donors (Lipinski definition) is 0. The van der Waals surface area contributed by atoms with Gasteiger partial charge in [-0.25, -0.2) is 4.98 Å². The van der Waals surface area contributed by atoms with E-state index >= 15 is 0 Å². The second-order valence-electron chi connectivity index (χ2n) is 2.80. The fourth-order valence-corrected chi connectivity index (χ4v) is 1.34. The molecule has 4 nitrogen and oxygen atoms in total. The molecule has 0 radical (unpaired) electrons. The molecule has 2 rings (SSSR count). The highest BCUT2D eigenvalue weighted by atomic mass is 15.1. The molecule has 4 heteroatoms. The Morgan fingerprint density at radius 3 is 2.64 bits per heavy atom. The van der Waals surface area contributed by atoms with Crippen molar-refractivity contribution in [3.8, 4) is 12.1 Å². The van der Waals surface area contributed by atoms with E-state index in [0.29, 0.717) is 0 Å². The van der Waals surface area contributed by atoms with Crippen molar-refractivity contribution in [3.05, 3.63) is 30.6 Å². The van der Waals surface area contributed by atoms with E-state index in [1.807, 2.05) is 36.4 Å². The lowest BCUT2D eigenvalue weighted by molar-refractivity contribution is 0.769. The lowest BCUT2D eigenvalue weighted by Crippen LogP contribution is -2.01. The number of nitrogens with zero attached hydrogens (tertiary/aromatic N) is 4. The first-order valence-corrected chi connectivity index (χ1v) is 4.07. The van der Waals surface area contributed by atoms with Crippen molar-refractivity contribution in [3.63, 3.8) is 0 Å². The highest BCUT2D eigenvalue weighted by molar-refractivity contribution is 5.75. The Hall–Kier alpha value is -2.33. The zero-order valence-corrected chi connectivity index (χ0v) is 7.25. The number of aromatic nitrogens is 2. The molecule has 1 heterocycles. The van der Waals surface area contributed by atoms with Gasteiger partial charge < -0.3 is 4.57 Å². The summed E-state index contributed by atoms with van der Waals surface area (Å²) in [6.45, 7) is 0. The molecule has 0 saturated heterocycles. The zero-order valence-electron chi connectivity index (χ0n) is 7.25. The van der Waals surface area contributed by atoms with Gasteiger partial charge in [0, 0.05) is 0 Å². The number of hydrogen-bond acceptors (Lipinski definition) is 3. The summed E-state index contributed by atoms with van der Waals surface area (Å²) in [5.74, 6) is 0. The van der Waals surface area contributed by atoms with Crippen molar-refractivity contribution < 1.29 is 0 Å². The van der Waals surface area contributed by atoms with E-state index in [4.69, 9.17) is 10.5 Å². The van der Waals surface area contributed by atoms with E-state index in [2.05, 4.69) is 4.98 Å². The van der Waals surface area contributed by atoms with Gasteiger partial charge in [-0.1, -0.05) is 12.1 Å². The van der Waals surface area contributed by atoms with Crippen LogP contribution in [-0.2, 0) is 0 Å². The first-order valence-electron chi connectivity index (χ1n) is 4.07. The number of nitriles is 2. The summed E-state index contributed by atoms with van der Waals surface area (Å²) in [4.78, 5) is 4.10. The molecule has 1 aromatic heterocycles. The average Bonchev–Trinajstić information content (AvgIpc) is 2.65. The summed E-state index contributed by atoms with van der Waals surface area (Å²) in [7, 11) is 0. The van der Waals surface area contributed by atoms with Crippen LogP contribution in [0.15, 0.2) is 30.6 Å². The Morgan fingerprint density at radius 2 is 1.93 bits per heavy atom. The third-order valence-corrected chi connectivity index (χ3v) is 2.00. The third-order valence-electron chi connectivity index (χ3n) is 2.00. The van der Waals surface area contributed by atoms with Crippen LogP contribution in [0.5, 0.6) is 0 Å². The molecule has 66 valence electrons. The topological polar surface area (TPSA) is 65.4 Å². The summed E-state index contributed by atoms with van der Waals surface area (Å²) in [6, 6.07) is 10.4. The van der Waals surface area contributed by atoms with Crippen LogP contribution in [0.3, 0.4) is 0 Å². The molecule has 2 aromatic rings. The average molecular weight is 182 g/mol. The highest BCUT2D eigenvalue weighted by Crippen LogP contribution is 2.16. The molecule has 0 amide bonds. The molecule has 0 bridgehead atoms. The van der Waals surface area contributed by atoms with E-state index in [1.165, 1.54) is 6.33 Å². The van der Waals surface area contributed by atoms with Crippen molar-refractivity contribution in [1.82, 2.24) is 9.55 Å². The Labute approximate surface area is 80.6 Å². The largest absolute Gasteiger partial charge is 0.301 e. The monoisotopic (exact) mass is 182 g/mol. The first kappa shape index (κ1) is 8.28. The Morgan fingerprint density at radius 1 is 1.21 bits per heavy atom. The second kappa shape index (κ2) is 3.20. The van der Waals surface area contributed by atoms with Crippen molar-refractivity contribution in [2.24, 2.45) is 0 Å². The van der Waals surface area contributed by atoms with Gasteiger partial charge in [0.15, 0.2) is 0 Å². The lowest BCUT2D eigenvalue weighted by atomic mass is 10.3. The SMILES string of the molecule is N#CC(C#N)n1cnc2ccccc21. The van der Waals surface area contributed by atoms with Crippen LogP contribution >= 0.6 is 0 Å². The number of imidazole rings is 1. The van der Waals surface area contributed by atoms with E-state index < -0.39 is 6.04 Å². The molecule has 14 heavy (non-hydrogen) atoms. The van der Waals surface area contributed by atoms with Crippen molar-refractivity contribution in [1.29, 1.82) is 10.5 Å². The maximum absolute atomic E-state index is 8.74. The van der Waals surface area contributed by atoms with Crippen LogP contribution in [0.2, 0.25) is 0 Å². The predicted molar refractivity (Wildman–Crippen MR) is 50.0 cm³/mol. The molecule has 0 unspecified atom stereocenters. The summed E-state index contributed by atoms with van der Waals surface area (Å²) < 4.78 is 1.56. The molecule has 1 aromatic carbocycles. The summed E-state index contributed by atoms with van der Waals surface area (Å²) >= 11 is 0. The standard InChI is InChI=1S/C10H6N4/c11-5-8(6-12)14-7-13-9-3-1-2-4-10(9)14/h1-4,7-8H. The van der Waals surface area contributed by atoms with E-state index in [0.717, 1.165) is 11.0 Å². The summed E-state index contributed by atoms with van der Waals surface area (Å²) in [5, 5.41) is 17.5. The summed E-state index contributed by atoms with van der Waals surface area (Å²) in [5.41, 5.74) is 1.60. The lowest BCUT2D eigenvalue weighted by Gasteiger charge is -2.01. The minimum atomic E-state index is -0.803. The molecule has 0 aliphatic heterocycles. The highest BCUT2D eigenvalue weighted by Gasteiger charge is 2.10. The zero-order chi connectivity index (χ0) is 9.97. The van der Waals surface area contributed by atoms with Gasteiger partial charge in [0.25, 0.3) is 0 Å². The molecule has 0 aliphatic carbocycles. The van der Waals surface area contributed by atoms with Crippen LogP contribution in [0.1, 0.15) is 6.04 Å². The smallest absolute Gasteiger partial charge is 0.209 e. The Balaban J connectivity index is 2.66. The van der Waals surface area contributed by atoms with Crippen LogP contribution in [0, 0.1) is 22.7 Å². The second-order valence-corrected chi connectivity index (χ2v) is 2.80. The fraction of sp³-hybridized carbons (Fsp3) is 0.100. The molecular weight excluding hydrogens is 176 g/mol. The maximum Gasteiger partial charge on any atom is 0.209 e. The first-order chi connectivity index (χ1) is 6.86. The van der Waals surface area contributed by atoms with Gasteiger partial charge in [0.1, 0.15) is 12.1 Å². The predicted octanol–water partition coefficient (Wildman–Crippen LogP) is 1.62. The van der Waals surface area contributed by atoms with E-state index in [9.17, 15) is 0 Å².